The van der Waals surface area contributed by atoms with Crippen LogP contribution in [0.4, 0.5) is 11.4 Å². The van der Waals surface area contributed by atoms with Crippen LogP contribution in [0.15, 0.2) is 127 Å². The molecule has 210 valence electrons. The Bertz CT molecular complexity index is 1530. The van der Waals surface area contributed by atoms with Gasteiger partial charge in [-0.3, -0.25) is 0 Å². The number of nitrogens with zero attached hydrogens (tertiary/aromatic N) is 2. The lowest BCUT2D eigenvalue weighted by atomic mass is 9.80. The predicted octanol–water partition coefficient (Wildman–Crippen LogP) is 8.44. The van der Waals surface area contributed by atoms with Crippen molar-refractivity contribution in [2.75, 3.05) is 38.0 Å². The van der Waals surface area contributed by atoms with E-state index in [0.717, 1.165) is 38.9 Å². The molecule has 3 nitrogen and oxygen atoms in total. The van der Waals surface area contributed by atoms with Crippen molar-refractivity contribution >= 4 is 35.7 Å². The maximum Gasteiger partial charge on any atom is 0.140 e. The lowest BCUT2D eigenvalue weighted by Gasteiger charge is -2.30. The Morgan fingerprint density at radius 1 is 0.405 bits per heavy atom. The van der Waals surface area contributed by atoms with Crippen LogP contribution in [0.2, 0.25) is 0 Å². The first-order chi connectivity index (χ1) is 20.3. The highest BCUT2D eigenvalue weighted by Crippen LogP contribution is 2.37. The van der Waals surface area contributed by atoms with Crippen molar-refractivity contribution in [2.24, 2.45) is 0 Å². The first kappa shape index (κ1) is 28.7. The van der Waals surface area contributed by atoms with E-state index in [0.29, 0.717) is 0 Å². The highest BCUT2D eigenvalue weighted by Gasteiger charge is 2.33. The predicted molar refractivity (Wildman–Crippen MR) is 181 cm³/mol. The molecule has 0 fully saturated rings. The van der Waals surface area contributed by atoms with Crippen LogP contribution < -0.4 is 9.80 Å². The molecule has 0 unspecified atom stereocenters. The summed E-state index contributed by atoms with van der Waals surface area (Å²) in [6.07, 6.45) is 8.43. The maximum atomic E-state index is 12.3. The fourth-order valence-corrected chi connectivity index (χ4v) is 5.00. The van der Waals surface area contributed by atoms with E-state index in [9.17, 15) is 5.11 Å². The second-order valence-electron chi connectivity index (χ2n) is 11.0. The zero-order valence-electron chi connectivity index (χ0n) is 24.8. The highest BCUT2D eigenvalue weighted by molar-refractivity contribution is 5.72. The number of aliphatic hydroxyl groups is 1. The molecule has 0 saturated carbocycles. The highest BCUT2D eigenvalue weighted by atomic mass is 16.3. The Morgan fingerprint density at radius 2 is 0.690 bits per heavy atom. The zero-order valence-corrected chi connectivity index (χ0v) is 24.8. The summed E-state index contributed by atoms with van der Waals surface area (Å²) in [6.45, 7) is 0. The van der Waals surface area contributed by atoms with Gasteiger partial charge in [-0.2, -0.15) is 0 Å². The van der Waals surface area contributed by atoms with E-state index in [1.54, 1.807) is 0 Å². The molecule has 3 heteroatoms. The van der Waals surface area contributed by atoms with E-state index in [4.69, 9.17) is 0 Å². The zero-order chi connectivity index (χ0) is 29.5. The average Bonchev–Trinajstić information content (AvgIpc) is 3.03. The van der Waals surface area contributed by atoms with E-state index in [-0.39, 0.29) is 0 Å². The number of hydrogen-bond acceptors (Lipinski definition) is 3. The molecule has 0 atom stereocenters. The summed E-state index contributed by atoms with van der Waals surface area (Å²) < 4.78 is 0. The van der Waals surface area contributed by atoms with E-state index in [1.165, 1.54) is 11.4 Å². The van der Waals surface area contributed by atoms with Gasteiger partial charge in [0.05, 0.1) is 0 Å². The maximum absolute atomic E-state index is 12.3. The molecular weight excluding hydrogens is 512 g/mol. The standard InChI is InChI=1S/C39H38N2O/c1-40(2)37-26-18-32(19-27-37)12-10-30-14-22-35(23-15-30)39(42,34-8-6-5-7-9-34)36-24-16-31(17-25-36)11-13-33-20-28-38(29-21-33)41(3)4/h5-29,42H,1-4H3/b12-10+,13-11+. The molecule has 0 bridgehead atoms. The molecule has 0 aliphatic carbocycles. The summed E-state index contributed by atoms with van der Waals surface area (Å²) in [4.78, 5) is 4.19. The second kappa shape index (κ2) is 12.8. The Hall–Kier alpha value is -4.86. The average molecular weight is 551 g/mol. The van der Waals surface area contributed by atoms with Gasteiger partial charge >= 0.3 is 0 Å². The molecule has 5 aromatic rings. The fourth-order valence-electron chi connectivity index (χ4n) is 5.00. The Kier molecular flexibility index (Phi) is 8.71. The molecule has 0 radical (unpaired) electrons. The first-order valence-electron chi connectivity index (χ1n) is 14.2. The van der Waals surface area contributed by atoms with Gasteiger partial charge in [0.1, 0.15) is 5.60 Å². The van der Waals surface area contributed by atoms with Crippen LogP contribution in [-0.4, -0.2) is 33.3 Å². The number of rotatable bonds is 9. The minimum atomic E-state index is -1.28. The second-order valence-corrected chi connectivity index (χ2v) is 11.0. The van der Waals surface area contributed by atoms with E-state index in [1.807, 2.05) is 82.8 Å². The smallest absolute Gasteiger partial charge is 0.140 e. The normalized spacial score (nSPS) is 11.7. The molecular formula is C39H38N2O. The van der Waals surface area contributed by atoms with Crippen LogP contribution >= 0.6 is 0 Å². The minimum Gasteiger partial charge on any atom is -0.378 e. The van der Waals surface area contributed by atoms with Crippen molar-refractivity contribution in [2.45, 2.75) is 5.60 Å². The molecule has 0 aromatic heterocycles. The fraction of sp³-hybridized carbons (Fsp3) is 0.128. The summed E-state index contributed by atoms with van der Waals surface area (Å²) in [7, 11) is 8.17. The van der Waals surface area contributed by atoms with Gasteiger partial charge in [0, 0.05) is 39.6 Å². The third-order valence-electron chi connectivity index (χ3n) is 7.60. The minimum absolute atomic E-state index is 0.824. The Balaban J connectivity index is 1.39. The quantitative estimate of drug-likeness (QED) is 0.147. The van der Waals surface area contributed by atoms with Crippen molar-refractivity contribution in [3.05, 3.63) is 166 Å². The van der Waals surface area contributed by atoms with E-state index >= 15 is 0 Å². The van der Waals surface area contributed by atoms with Crippen LogP contribution in [0.3, 0.4) is 0 Å². The molecule has 5 rings (SSSR count). The number of anilines is 2. The first-order valence-corrected chi connectivity index (χ1v) is 14.2. The van der Waals surface area contributed by atoms with Gasteiger partial charge in [-0.25, -0.2) is 0 Å². The topological polar surface area (TPSA) is 26.7 Å². The van der Waals surface area contributed by atoms with Crippen molar-refractivity contribution in [3.8, 4) is 0 Å². The van der Waals surface area contributed by atoms with E-state index < -0.39 is 5.60 Å². The lowest BCUT2D eigenvalue weighted by molar-refractivity contribution is 0.125. The van der Waals surface area contributed by atoms with Gasteiger partial charge in [0.15, 0.2) is 0 Å². The van der Waals surface area contributed by atoms with Gasteiger partial charge in [-0.1, -0.05) is 127 Å². The summed E-state index contributed by atoms with van der Waals surface area (Å²) in [6, 6.07) is 43.2. The van der Waals surface area contributed by atoms with Crippen molar-refractivity contribution in [3.63, 3.8) is 0 Å². The SMILES string of the molecule is CN(C)c1ccc(/C=C/c2ccc(C(O)(c3ccccc3)c3ccc(/C=C/c4ccc(N(C)C)cc4)cc3)cc2)cc1. The van der Waals surface area contributed by atoms with Crippen LogP contribution in [0.25, 0.3) is 24.3 Å². The van der Waals surface area contributed by atoms with Gasteiger partial charge in [-0.15, -0.1) is 0 Å². The lowest BCUT2D eigenvalue weighted by Crippen LogP contribution is -2.28. The van der Waals surface area contributed by atoms with Crippen LogP contribution in [0.5, 0.6) is 0 Å². The molecule has 0 saturated heterocycles. The summed E-state index contributed by atoms with van der Waals surface area (Å²) >= 11 is 0. The third-order valence-corrected chi connectivity index (χ3v) is 7.60. The molecule has 0 heterocycles. The van der Waals surface area contributed by atoms with E-state index in [2.05, 4.69) is 107 Å². The van der Waals surface area contributed by atoms with Crippen molar-refractivity contribution in [1.82, 2.24) is 0 Å². The van der Waals surface area contributed by atoms with Gasteiger partial charge < -0.3 is 14.9 Å². The van der Waals surface area contributed by atoms with Gasteiger partial charge in [0.2, 0.25) is 0 Å². The molecule has 0 aliphatic rings. The summed E-state index contributed by atoms with van der Waals surface area (Å²) in [5.74, 6) is 0. The summed E-state index contributed by atoms with van der Waals surface area (Å²) in [5.41, 5.74) is 7.99. The molecule has 5 aromatic carbocycles. The third kappa shape index (κ3) is 6.54. The number of benzene rings is 5. The Labute approximate surface area is 250 Å². The van der Waals surface area contributed by atoms with Gasteiger partial charge in [-0.05, 0) is 63.2 Å². The molecule has 42 heavy (non-hydrogen) atoms. The van der Waals surface area contributed by atoms with Crippen molar-refractivity contribution in [1.29, 1.82) is 0 Å². The molecule has 0 aliphatic heterocycles. The molecule has 0 amide bonds. The van der Waals surface area contributed by atoms with Crippen LogP contribution in [-0.2, 0) is 5.60 Å². The van der Waals surface area contributed by atoms with Crippen molar-refractivity contribution < 1.29 is 5.11 Å². The van der Waals surface area contributed by atoms with Crippen LogP contribution in [0.1, 0.15) is 38.9 Å². The monoisotopic (exact) mass is 550 g/mol. The molecule has 0 spiro atoms. The number of hydrogen-bond donors (Lipinski definition) is 1. The molecule has 1 N–H and O–H groups in total. The largest absolute Gasteiger partial charge is 0.378 e. The van der Waals surface area contributed by atoms with Gasteiger partial charge in [0.25, 0.3) is 0 Å². The Morgan fingerprint density at radius 3 is 1.00 bits per heavy atom. The summed E-state index contributed by atoms with van der Waals surface area (Å²) in [5, 5.41) is 12.3. The van der Waals surface area contributed by atoms with Crippen LogP contribution in [0, 0.1) is 0 Å².